The zero-order valence-corrected chi connectivity index (χ0v) is 9.43. The molecule has 2 rings (SSSR count). The number of rotatable bonds is 3. The third kappa shape index (κ3) is 2.57. The van der Waals surface area contributed by atoms with Gasteiger partial charge in [-0.15, -0.1) is 0 Å². The Labute approximate surface area is 95.7 Å². The van der Waals surface area contributed by atoms with Crippen molar-refractivity contribution >= 4 is 0 Å². The SMILES string of the molecule is CCC[n+]1ccnn1-c1ccccc1.[Cl-]. The molecule has 0 amide bonds. The van der Waals surface area contributed by atoms with Gasteiger partial charge in [0.15, 0.2) is 6.20 Å². The van der Waals surface area contributed by atoms with Crippen molar-refractivity contribution in [2.45, 2.75) is 19.9 Å². The molecule has 1 heterocycles. The molecule has 0 fully saturated rings. The molecule has 0 aliphatic rings. The number of nitrogens with zero attached hydrogens (tertiary/aromatic N) is 3. The van der Waals surface area contributed by atoms with Crippen LogP contribution in [0.2, 0.25) is 0 Å². The molecular formula is C11H14ClN3. The third-order valence-electron chi connectivity index (χ3n) is 2.10. The Morgan fingerprint density at radius 2 is 2.00 bits per heavy atom. The highest BCUT2D eigenvalue weighted by atomic mass is 35.5. The Balaban J connectivity index is 0.00000112. The second-order valence-corrected chi connectivity index (χ2v) is 3.20. The molecule has 0 atom stereocenters. The van der Waals surface area contributed by atoms with E-state index < -0.39 is 0 Å². The first-order valence-electron chi connectivity index (χ1n) is 4.91. The molecule has 80 valence electrons. The van der Waals surface area contributed by atoms with Crippen LogP contribution in [0, 0.1) is 0 Å². The number of benzene rings is 1. The summed E-state index contributed by atoms with van der Waals surface area (Å²) in [6.45, 7) is 3.16. The highest BCUT2D eigenvalue weighted by Gasteiger charge is 2.08. The van der Waals surface area contributed by atoms with Gasteiger partial charge in [-0.25, -0.2) is 0 Å². The summed E-state index contributed by atoms with van der Waals surface area (Å²) in [5.41, 5.74) is 1.10. The molecule has 0 aliphatic carbocycles. The fourth-order valence-corrected chi connectivity index (χ4v) is 1.47. The molecule has 0 unspecified atom stereocenters. The minimum absolute atomic E-state index is 0. The van der Waals surface area contributed by atoms with Crippen LogP contribution in [0.15, 0.2) is 42.7 Å². The van der Waals surface area contributed by atoms with Gasteiger partial charge in [-0.1, -0.05) is 25.1 Å². The van der Waals surface area contributed by atoms with Crippen molar-refractivity contribution in [3.63, 3.8) is 0 Å². The molecule has 0 bridgehead atoms. The summed E-state index contributed by atoms with van der Waals surface area (Å²) in [5.74, 6) is 0. The van der Waals surface area contributed by atoms with Gasteiger partial charge in [-0.3, -0.25) is 0 Å². The van der Waals surface area contributed by atoms with Crippen LogP contribution in [0.25, 0.3) is 5.69 Å². The molecule has 15 heavy (non-hydrogen) atoms. The Morgan fingerprint density at radius 1 is 1.27 bits per heavy atom. The molecule has 3 nitrogen and oxygen atoms in total. The first kappa shape index (κ1) is 11.7. The van der Waals surface area contributed by atoms with Gasteiger partial charge in [0.2, 0.25) is 6.20 Å². The molecule has 4 heteroatoms. The van der Waals surface area contributed by atoms with Crippen LogP contribution < -0.4 is 17.1 Å². The summed E-state index contributed by atoms with van der Waals surface area (Å²) in [4.78, 5) is 1.92. The number of hydrogen-bond acceptors (Lipinski definition) is 1. The Kier molecular flexibility index (Phi) is 4.31. The molecule has 0 saturated heterocycles. The van der Waals surface area contributed by atoms with Crippen LogP contribution in [-0.4, -0.2) is 9.90 Å². The summed E-state index contributed by atoms with van der Waals surface area (Å²) in [6.07, 6.45) is 4.93. The van der Waals surface area contributed by atoms with Crippen LogP contribution in [0.3, 0.4) is 0 Å². The standard InChI is InChI=1S/C11H14N3.ClH/c1-2-9-13-10-8-12-14(13)11-6-4-3-5-7-11;/h3-8,10H,2,9H2,1H3;1H/q+1;/p-1. The highest BCUT2D eigenvalue weighted by Crippen LogP contribution is 2.01. The van der Waals surface area contributed by atoms with Gasteiger partial charge in [0.05, 0.1) is 0 Å². The lowest BCUT2D eigenvalue weighted by atomic mass is 10.3. The predicted octanol–water partition coefficient (Wildman–Crippen LogP) is -1.43. The van der Waals surface area contributed by atoms with Crippen LogP contribution in [0.5, 0.6) is 0 Å². The molecule has 0 radical (unpaired) electrons. The topological polar surface area (TPSA) is 21.7 Å². The maximum atomic E-state index is 4.28. The van der Waals surface area contributed by atoms with Crippen molar-refractivity contribution in [2.24, 2.45) is 0 Å². The van der Waals surface area contributed by atoms with E-state index in [4.69, 9.17) is 0 Å². The van der Waals surface area contributed by atoms with Gasteiger partial charge in [0, 0.05) is 5.10 Å². The third-order valence-corrected chi connectivity index (χ3v) is 2.10. The number of para-hydroxylation sites is 1. The lowest BCUT2D eigenvalue weighted by Gasteiger charge is -1.99. The minimum Gasteiger partial charge on any atom is -1.00 e. The van der Waals surface area contributed by atoms with Gasteiger partial charge < -0.3 is 12.4 Å². The zero-order valence-electron chi connectivity index (χ0n) is 8.68. The fraction of sp³-hybridized carbons (Fsp3) is 0.273. The maximum Gasteiger partial charge on any atom is 0.206 e. The predicted molar refractivity (Wildman–Crippen MR) is 54.1 cm³/mol. The summed E-state index contributed by atoms with van der Waals surface area (Å²) in [7, 11) is 0. The van der Waals surface area contributed by atoms with Crippen molar-refractivity contribution in [1.82, 2.24) is 9.90 Å². The first-order chi connectivity index (χ1) is 6.92. The maximum absolute atomic E-state index is 4.28. The van der Waals surface area contributed by atoms with Gasteiger partial charge >= 0.3 is 0 Å². The molecule has 0 spiro atoms. The lowest BCUT2D eigenvalue weighted by Crippen LogP contribution is -3.00. The molecule has 1 aromatic heterocycles. The number of hydrogen-bond donors (Lipinski definition) is 0. The van der Waals surface area contributed by atoms with Gasteiger partial charge in [0.1, 0.15) is 12.2 Å². The zero-order chi connectivity index (χ0) is 9.80. The lowest BCUT2D eigenvalue weighted by molar-refractivity contribution is -0.770. The second kappa shape index (κ2) is 5.51. The largest absolute Gasteiger partial charge is 1.00 e. The van der Waals surface area contributed by atoms with E-state index in [1.54, 1.807) is 0 Å². The van der Waals surface area contributed by atoms with Crippen molar-refractivity contribution in [2.75, 3.05) is 0 Å². The molecule has 0 aliphatic heterocycles. The summed E-state index contributed by atoms with van der Waals surface area (Å²) in [6, 6.07) is 10.2. The normalized spacial score (nSPS) is 9.67. The smallest absolute Gasteiger partial charge is 0.206 e. The van der Waals surface area contributed by atoms with E-state index in [9.17, 15) is 0 Å². The Hall–Kier alpha value is -1.35. The molecular weight excluding hydrogens is 210 g/mol. The average Bonchev–Trinajstić information content (AvgIpc) is 2.68. The highest BCUT2D eigenvalue weighted by molar-refractivity contribution is 5.27. The molecule has 1 aromatic carbocycles. The Morgan fingerprint density at radius 3 is 2.67 bits per heavy atom. The number of aromatic nitrogens is 3. The van der Waals surface area contributed by atoms with Crippen LogP contribution in [-0.2, 0) is 6.54 Å². The van der Waals surface area contributed by atoms with E-state index in [0.717, 1.165) is 18.7 Å². The van der Waals surface area contributed by atoms with E-state index in [0.29, 0.717) is 0 Å². The second-order valence-electron chi connectivity index (χ2n) is 3.20. The minimum atomic E-state index is 0. The van der Waals surface area contributed by atoms with Crippen molar-refractivity contribution in [1.29, 1.82) is 0 Å². The molecule has 0 N–H and O–H groups in total. The average molecular weight is 224 g/mol. The van der Waals surface area contributed by atoms with E-state index in [2.05, 4.69) is 28.8 Å². The van der Waals surface area contributed by atoms with E-state index in [-0.39, 0.29) is 12.4 Å². The van der Waals surface area contributed by atoms with Gasteiger partial charge in [-0.05, 0) is 23.4 Å². The van der Waals surface area contributed by atoms with Crippen molar-refractivity contribution in [3.8, 4) is 5.69 Å². The monoisotopic (exact) mass is 223 g/mol. The summed E-state index contributed by atoms with van der Waals surface area (Å²) in [5, 5.41) is 4.28. The van der Waals surface area contributed by atoms with Crippen LogP contribution >= 0.6 is 0 Å². The molecule has 0 saturated carbocycles. The van der Waals surface area contributed by atoms with E-state index in [1.165, 1.54) is 0 Å². The fourth-order valence-electron chi connectivity index (χ4n) is 1.47. The Bertz CT molecular complexity index is 397. The molecule has 2 aromatic rings. The van der Waals surface area contributed by atoms with Gasteiger partial charge in [0.25, 0.3) is 0 Å². The van der Waals surface area contributed by atoms with Gasteiger partial charge in [-0.2, -0.15) is 4.68 Å². The number of aryl methyl sites for hydroxylation is 1. The number of halogens is 1. The van der Waals surface area contributed by atoms with Crippen molar-refractivity contribution < 1.29 is 17.1 Å². The first-order valence-corrected chi connectivity index (χ1v) is 4.91. The quantitative estimate of drug-likeness (QED) is 0.585. The van der Waals surface area contributed by atoms with Crippen molar-refractivity contribution in [3.05, 3.63) is 42.7 Å². The van der Waals surface area contributed by atoms with E-state index >= 15 is 0 Å². The van der Waals surface area contributed by atoms with E-state index in [1.807, 2.05) is 35.4 Å². The summed E-state index contributed by atoms with van der Waals surface area (Å²) < 4.78 is 2.11. The van der Waals surface area contributed by atoms with Crippen LogP contribution in [0.4, 0.5) is 0 Å². The summed E-state index contributed by atoms with van der Waals surface area (Å²) >= 11 is 0. The van der Waals surface area contributed by atoms with Crippen LogP contribution in [0.1, 0.15) is 13.3 Å².